The van der Waals surface area contributed by atoms with Crippen molar-refractivity contribution in [2.24, 2.45) is 0 Å². The van der Waals surface area contributed by atoms with Crippen LogP contribution in [0.5, 0.6) is 0 Å². The molecule has 0 aromatic carbocycles. The van der Waals surface area contributed by atoms with Crippen molar-refractivity contribution in [2.45, 2.75) is 13.0 Å². The van der Waals surface area contributed by atoms with Crippen LogP contribution in [0.3, 0.4) is 0 Å². The van der Waals surface area contributed by atoms with E-state index in [0.29, 0.717) is 6.61 Å². The Morgan fingerprint density at radius 2 is 2.55 bits per heavy atom. The van der Waals surface area contributed by atoms with Gasteiger partial charge in [-0.1, -0.05) is 0 Å². The first kappa shape index (κ1) is 8.33. The molecule has 1 aliphatic rings. The van der Waals surface area contributed by atoms with E-state index >= 15 is 0 Å². The lowest BCUT2D eigenvalue weighted by molar-refractivity contribution is 0.158. The predicted octanol–water partition coefficient (Wildman–Crippen LogP) is 0.0465. The number of nitrogens with zero attached hydrogens (tertiary/aromatic N) is 1. The molecule has 0 aliphatic carbocycles. The van der Waals surface area contributed by atoms with Gasteiger partial charge >= 0.3 is 6.09 Å². The third-order valence-corrected chi connectivity index (χ3v) is 1.82. The lowest BCUT2D eigenvalue weighted by Gasteiger charge is -2.16. The van der Waals surface area contributed by atoms with Gasteiger partial charge in [0.05, 0.1) is 6.04 Å². The van der Waals surface area contributed by atoms with Gasteiger partial charge < -0.3 is 15.0 Å². The van der Waals surface area contributed by atoms with Crippen LogP contribution in [0, 0.1) is 0 Å². The third kappa shape index (κ3) is 1.83. The fourth-order valence-electron chi connectivity index (χ4n) is 1.09. The highest BCUT2D eigenvalue weighted by Gasteiger charge is 2.28. The first-order chi connectivity index (χ1) is 5.25. The lowest BCUT2D eigenvalue weighted by atomic mass is 10.3. The second-order valence-electron chi connectivity index (χ2n) is 2.72. The summed E-state index contributed by atoms with van der Waals surface area (Å²) in [6.07, 6.45) is -0.187. The van der Waals surface area contributed by atoms with Gasteiger partial charge in [0.2, 0.25) is 0 Å². The van der Waals surface area contributed by atoms with E-state index in [1.807, 2.05) is 14.0 Å². The highest BCUT2D eigenvalue weighted by molar-refractivity contribution is 5.69. The van der Waals surface area contributed by atoms with Crippen LogP contribution < -0.4 is 5.32 Å². The standard InChI is InChI=1S/C7H14N2O2/c1-6-5-11-7(10)9(6)4-3-8-2/h6,8H,3-5H2,1-2H3/t6-/m1/s1. The van der Waals surface area contributed by atoms with Crippen molar-refractivity contribution in [2.75, 3.05) is 26.7 Å². The Kier molecular flexibility index (Phi) is 2.70. The van der Waals surface area contributed by atoms with E-state index in [1.165, 1.54) is 0 Å². The largest absolute Gasteiger partial charge is 0.447 e. The van der Waals surface area contributed by atoms with E-state index in [1.54, 1.807) is 4.90 Å². The summed E-state index contributed by atoms with van der Waals surface area (Å²) in [5, 5.41) is 2.99. The maximum absolute atomic E-state index is 11.0. The van der Waals surface area contributed by atoms with Gasteiger partial charge in [0.1, 0.15) is 6.61 Å². The molecule has 0 bridgehead atoms. The van der Waals surface area contributed by atoms with Crippen LogP contribution in [0.25, 0.3) is 0 Å². The summed E-state index contributed by atoms with van der Waals surface area (Å²) in [7, 11) is 1.87. The summed E-state index contributed by atoms with van der Waals surface area (Å²) in [6, 6.07) is 0.232. The van der Waals surface area contributed by atoms with Gasteiger partial charge in [0.25, 0.3) is 0 Å². The Morgan fingerprint density at radius 1 is 1.82 bits per heavy atom. The van der Waals surface area contributed by atoms with E-state index < -0.39 is 0 Å². The van der Waals surface area contributed by atoms with Crippen molar-refractivity contribution in [1.82, 2.24) is 10.2 Å². The number of amides is 1. The van der Waals surface area contributed by atoms with Crippen molar-refractivity contribution >= 4 is 6.09 Å². The Morgan fingerprint density at radius 3 is 3.00 bits per heavy atom. The topological polar surface area (TPSA) is 41.6 Å². The fraction of sp³-hybridized carbons (Fsp3) is 0.857. The van der Waals surface area contributed by atoms with Gasteiger partial charge in [-0.25, -0.2) is 4.79 Å². The summed E-state index contributed by atoms with van der Waals surface area (Å²) in [5.74, 6) is 0. The average molecular weight is 158 g/mol. The van der Waals surface area contributed by atoms with Crippen LogP contribution in [-0.2, 0) is 4.74 Å². The normalized spacial score (nSPS) is 24.0. The third-order valence-electron chi connectivity index (χ3n) is 1.82. The summed E-state index contributed by atoms with van der Waals surface area (Å²) in [5.41, 5.74) is 0. The SMILES string of the molecule is CNCCN1C(=O)OC[C@H]1C. The maximum Gasteiger partial charge on any atom is 0.410 e. The Labute approximate surface area is 66.5 Å². The minimum atomic E-state index is -0.187. The molecule has 4 nitrogen and oxygen atoms in total. The van der Waals surface area contributed by atoms with Crippen molar-refractivity contribution in [1.29, 1.82) is 0 Å². The van der Waals surface area contributed by atoms with Gasteiger partial charge in [-0.2, -0.15) is 0 Å². The van der Waals surface area contributed by atoms with Crippen molar-refractivity contribution < 1.29 is 9.53 Å². The molecular weight excluding hydrogens is 144 g/mol. The van der Waals surface area contributed by atoms with Gasteiger partial charge in [0, 0.05) is 13.1 Å². The van der Waals surface area contributed by atoms with Crippen molar-refractivity contribution in [3.05, 3.63) is 0 Å². The van der Waals surface area contributed by atoms with Crippen LogP contribution in [0.15, 0.2) is 0 Å². The second kappa shape index (κ2) is 3.57. The number of cyclic esters (lactones) is 1. The summed E-state index contributed by atoms with van der Waals surface area (Å²) < 4.78 is 4.83. The lowest BCUT2D eigenvalue weighted by Crippen LogP contribution is -2.36. The summed E-state index contributed by atoms with van der Waals surface area (Å²) in [4.78, 5) is 12.7. The van der Waals surface area contributed by atoms with Crippen molar-refractivity contribution in [3.63, 3.8) is 0 Å². The molecule has 0 aromatic rings. The molecule has 1 heterocycles. The molecule has 0 unspecified atom stereocenters. The minimum Gasteiger partial charge on any atom is -0.447 e. The monoisotopic (exact) mass is 158 g/mol. The number of hydrogen-bond acceptors (Lipinski definition) is 3. The summed E-state index contributed by atoms with van der Waals surface area (Å²) >= 11 is 0. The maximum atomic E-state index is 11.0. The molecule has 64 valence electrons. The number of likely N-dealkylation sites (N-methyl/N-ethyl adjacent to an activating group) is 1. The van der Waals surface area contributed by atoms with Gasteiger partial charge in [-0.05, 0) is 14.0 Å². The van der Waals surface area contributed by atoms with Crippen LogP contribution in [0.2, 0.25) is 0 Å². The van der Waals surface area contributed by atoms with Crippen molar-refractivity contribution in [3.8, 4) is 0 Å². The van der Waals surface area contributed by atoms with E-state index in [9.17, 15) is 4.79 Å². The first-order valence-electron chi connectivity index (χ1n) is 3.83. The number of carbonyl (C=O) groups is 1. The number of nitrogens with one attached hydrogen (secondary N) is 1. The van der Waals surface area contributed by atoms with E-state index in [-0.39, 0.29) is 12.1 Å². The van der Waals surface area contributed by atoms with Gasteiger partial charge in [-0.3, -0.25) is 0 Å². The van der Waals surface area contributed by atoms with E-state index in [2.05, 4.69) is 5.32 Å². The molecule has 1 N–H and O–H groups in total. The molecule has 0 spiro atoms. The van der Waals surface area contributed by atoms with E-state index in [4.69, 9.17) is 4.74 Å². The Balaban J connectivity index is 2.35. The number of hydrogen-bond donors (Lipinski definition) is 1. The highest BCUT2D eigenvalue weighted by atomic mass is 16.6. The molecule has 1 aliphatic heterocycles. The Bertz CT molecular complexity index is 149. The molecule has 1 rings (SSSR count). The zero-order valence-corrected chi connectivity index (χ0v) is 6.96. The van der Waals surface area contributed by atoms with Crippen LogP contribution >= 0.6 is 0 Å². The average Bonchev–Trinajstić information content (AvgIpc) is 2.29. The number of ether oxygens (including phenoxy) is 1. The number of rotatable bonds is 3. The van der Waals surface area contributed by atoms with Crippen LogP contribution in [0.1, 0.15) is 6.92 Å². The second-order valence-corrected chi connectivity index (χ2v) is 2.72. The predicted molar refractivity (Wildman–Crippen MR) is 41.4 cm³/mol. The fourth-order valence-corrected chi connectivity index (χ4v) is 1.09. The minimum absolute atomic E-state index is 0.187. The molecule has 1 saturated heterocycles. The zero-order valence-electron chi connectivity index (χ0n) is 6.96. The van der Waals surface area contributed by atoms with Crippen LogP contribution in [-0.4, -0.2) is 43.8 Å². The molecule has 11 heavy (non-hydrogen) atoms. The molecular formula is C7H14N2O2. The Hall–Kier alpha value is -0.770. The van der Waals surface area contributed by atoms with Gasteiger partial charge in [-0.15, -0.1) is 0 Å². The molecule has 0 radical (unpaired) electrons. The molecule has 0 aromatic heterocycles. The smallest absolute Gasteiger partial charge is 0.410 e. The molecule has 0 saturated carbocycles. The van der Waals surface area contributed by atoms with Crippen LogP contribution in [0.4, 0.5) is 4.79 Å². The number of carbonyl (C=O) groups excluding carboxylic acids is 1. The van der Waals surface area contributed by atoms with E-state index in [0.717, 1.165) is 13.1 Å². The molecule has 1 atom stereocenters. The molecule has 1 amide bonds. The molecule has 1 fully saturated rings. The summed E-state index contributed by atoms with van der Waals surface area (Å²) in [6.45, 7) is 4.07. The van der Waals surface area contributed by atoms with Gasteiger partial charge in [0.15, 0.2) is 0 Å². The quantitative estimate of drug-likeness (QED) is 0.631. The molecule has 4 heteroatoms. The first-order valence-corrected chi connectivity index (χ1v) is 3.83. The zero-order chi connectivity index (χ0) is 8.27. The highest BCUT2D eigenvalue weighted by Crippen LogP contribution is 2.09.